The van der Waals surface area contributed by atoms with Gasteiger partial charge in [-0.15, -0.1) is 0 Å². The highest BCUT2D eigenvalue weighted by Gasteiger charge is 2.19. The second kappa shape index (κ2) is 9.61. The lowest BCUT2D eigenvalue weighted by Gasteiger charge is -2.29. The number of fused-ring (bicyclic) bond motifs is 1. The predicted octanol–water partition coefficient (Wildman–Crippen LogP) is 4.82. The number of hydrogen-bond donors (Lipinski definition) is 1. The molecule has 4 nitrogen and oxygen atoms in total. The fraction of sp³-hybridized carbons (Fsp3) is 0.652. The summed E-state index contributed by atoms with van der Waals surface area (Å²) in [4.78, 5) is 2.47. The van der Waals surface area contributed by atoms with Gasteiger partial charge in [-0.2, -0.15) is 0 Å². The van der Waals surface area contributed by atoms with Gasteiger partial charge in [-0.3, -0.25) is 4.90 Å². The Labute approximate surface area is 164 Å². The first kappa shape index (κ1) is 20.2. The molecule has 0 amide bonds. The Morgan fingerprint density at radius 2 is 2.00 bits per heavy atom. The number of aryl methyl sites for hydroxylation is 1. The van der Waals surface area contributed by atoms with Crippen molar-refractivity contribution in [3.63, 3.8) is 0 Å². The van der Waals surface area contributed by atoms with Crippen molar-refractivity contribution in [3.05, 3.63) is 30.0 Å². The minimum atomic E-state index is -0.118. The van der Waals surface area contributed by atoms with Gasteiger partial charge in [-0.1, -0.05) is 27.2 Å². The van der Waals surface area contributed by atoms with Crippen molar-refractivity contribution in [2.75, 3.05) is 19.7 Å². The molecule has 27 heavy (non-hydrogen) atoms. The van der Waals surface area contributed by atoms with E-state index >= 15 is 0 Å². The fourth-order valence-electron chi connectivity index (χ4n) is 3.80. The topological polar surface area (TPSA) is 37.6 Å². The zero-order chi connectivity index (χ0) is 19.2. The van der Waals surface area contributed by atoms with E-state index in [1.807, 2.05) is 0 Å². The molecule has 1 aliphatic heterocycles. The molecule has 0 aliphatic carbocycles. The maximum absolute atomic E-state index is 9.78. The van der Waals surface area contributed by atoms with Crippen LogP contribution in [0.1, 0.15) is 58.4 Å². The van der Waals surface area contributed by atoms with Crippen LogP contribution < -0.4 is 4.74 Å². The van der Waals surface area contributed by atoms with Crippen LogP contribution in [-0.2, 0) is 13.1 Å². The Balaban J connectivity index is 1.82. The summed E-state index contributed by atoms with van der Waals surface area (Å²) in [5, 5.41) is 11.1. The van der Waals surface area contributed by atoms with Crippen molar-refractivity contribution < 1.29 is 9.84 Å². The van der Waals surface area contributed by atoms with Crippen LogP contribution >= 0.6 is 0 Å². The molecule has 0 saturated carbocycles. The van der Waals surface area contributed by atoms with Crippen molar-refractivity contribution >= 4 is 10.9 Å². The van der Waals surface area contributed by atoms with E-state index in [1.165, 1.54) is 22.9 Å². The molecule has 3 rings (SSSR count). The molecule has 0 spiro atoms. The van der Waals surface area contributed by atoms with Crippen molar-refractivity contribution in [1.82, 2.24) is 9.47 Å². The summed E-state index contributed by atoms with van der Waals surface area (Å²) in [6.45, 7) is 11.5. The molecule has 1 saturated heterocycles. The molecule has 150 valence electrons. The molecule has 2 aromatic rings. The van der Waals surface area contributed by atoms with Crippen LogP contribution in [0.4, 0.5) is 0 Å². The van der Waals surface area contributed by atoms with Crippen LogP contribution in [0.3, 0.4) is 0 Å². The number of piperidine rings is 1. The van der Waals surface area contributed by atoms with Crippen molar-refractivity contribution in [3.8, 4) is 5.75 Å². The number of aromatic nitrogens is 1. The molecule has 1 aromatic heterocycles. The smallest absolute Gasteiger partial charge is 0.120 e. The highest BCUT2D eigenvalue weighted by Crippen LogP contribution is 2.28. The van der Waals surface area contributed by atoms with Crippen LogP contribution in [0.2, 0.25) is 0 Å². The molecule has 0 bridgehead atoms. The second-order valence-corrected chi connectivity index (χ2v) is 8.42. The van der Waals surface area contributed by atoms with E-state index in [4.69, 9.17) is 4.74 Å². The van der Waals surface area contributed by atoms with E-state index in [-0.39, 0.29) is 6.10 Å². The third-order valence-corrected chi connectivity index (χ3v) is 5.60. The molecule has 0 radical (unpaired) electrons. The number of unbranched alkanes of at least 4 members (excludes halogenated alkanes) is 1. The first-order valence-corrected chi connectivity index (χ1v) is 10.7. The summed E-state index contributed by atoms with van der Waals surface area (Å²) in [6.07, 6.45) is 7.43. The van der Waals surface area contributed by atoms with Gasteiger partial charge in [0.25, 0.3) is 0 Å². The SMILES string of the molecule is CCCCOc1ccc2c(c1)c(CN1CCC(O)CC1)cn2CCC(C)C. The van der Waals surface area contributed by atoms with Gasteiger partial charge in [0, 0.05) is 43.3 Å². The van der Waals surface area contributed by atoms with Crippen LogP contribution in [0.15, 0.2) is 24.4 Å². The minimum Gasteiger partial charge on any atom is -0.494 e. The van der Waals surface area contributed by atoms with E-state index < -0.39 is 0 Å². The number of hydrogen-bond acceptors (Lipinski definition) is 3. The van der Waals surface area contributed by atoms with Gasteiger partial charge in [-0.25, -0.2) is 0 Å². The number of rotatable bonds is 9. The maximum atomic E-state index is 9.78. The monoisotopic (exact) mass is 372 g/mol. The van der Waals surface area contributed by atoms with Crippen LogP contribution in [0.25, 0.3) is 10.9 Å². The molecule has 2 heterocycles. The maximum Gasteiger partial charge on any atom is 0.120 e. The first-order chi connectivity index (χ1) is 13.1. The van der Waals surface area contributed by atoms with Crippen LogP contribution in [0, 0.1) is 5.92 Å². The Hall–Kier alpha value is -1.52. The normalized spacial score (nSPS) is 16.5. The summed E-state index contributed by atoms with van der Waals surface area (Å²) >= 11 is 0. The van der Waals surface area contributed by atoms with Crippen molar-refractivity contribution in [2.45, 2.75) is 72.1 Å². The number of benzene rings is 1. The van der Waals surface area contributed by atoms with Gasteiger partial charge in [0.05, 0.1) is 12.7 Å². The van der Waals surface area contributed by atoms with E-state index in [0.717, 1.165) is 64.2 Å². The van der Waals surface area contributed by atoms with Gasteiger partial charge < -0.3 is 14.4 Å². The molecule has 1 aromatic carbocycles. The van der Waals surface area contributed by atoms with E-state index in [2.05, 4.69) is 54.6 Å². The summed E-state index contributed by atoms with van der Waals surface area (Å²) in [5.41, 5.74) is 2.69. The summed E-state index contributed by atoms with van der Waals surface area (Å²) in [6, 6.07) is 6.57. The van der Waals surface area contributed by atoms with E-state index in [0.29, 0.717) is 5.92 Å². The number of ether oxygens (including phenoxy) is 1. The lowest BCUT2D eigenvalue weighted by molar-refractivity contribution is 0.0794. The van der Waals surface area contributed by atoms with Crippen LogP contribution in [0.5, 0.6) is 5.75 Å². The fourth-order valence-corrected chi connectivity index (χ4v) is 3.80. The summed E-state index contributed by atoms with van der Waals surface area (Å²) < 4.78 is 8.38. The zero-order valence-corrected chi connectivity index (χ0v) is 17.3. The van der Waals surface area contributed by atoms with Gasteiger partial charge in [-0.05, 0) is 55.4 Å². The zero-order valence-electron chi connectivity index (χ0n) is 17.3. The number of aliphatic hydroxyl groups is 1. The summed E-state index contributed by atoms with van der Waals surface area (Å²) in [7, 11) is 0. The Morgan fingerprint density at radius 3 is 2.70 bits per heavy atom. The highest BCUT2D eigenvalue weighted by atomic mass is 16.5. The second-order valence-electron chi connectivity index (χ2n) is 8.42. The Morgan fingerprint density at radius 1 is 1.22 bits per heavy atom. The minimum absolute atomic E-state index is 0.118. The predicted molar refractivity (Wildman–Crippen MR) is 112 cm³/mol. The van der Waals surface area contributed by atoms with Gasteiger partial charge in [0.15, 0.2) is 0 Å². The molecular formula is C23H36N2O2. The lowest BCUT2D eigenvalue weighted by Crippen LogP contribution is -2.35. The van der Waals surface area contributed by atoms with Gasteiger partial charge >= 0.3 is 0 Å². The highest BCUT2D eigenvalue weighted by molar-refractivity contribution is 5.85. The van der Waals surface area contributed by atoms with Crippen molar-refractivity contribution in [1.29, 1.82) is 0 Å². The quantitative estimate of drug-likeness (QED) is 0.641. The van der Waals surface area contributed by atoms with Crippen LogP contribution in [-0.4, -0.2) is 40.4 Å². The number of likely N-dealkylation sites (tertiary alicyclic amines) is 1. The molecule has 1 fully saturated rings. The molecule has 4 heteroatoms. The van der Waals surface area contributed by atoms with E-state index in [9.17, 15) is 5.11 Å². The molecule has 1 N–H and O–H groups in total. The summed E-state index contributed by atoms with van der Waals surface area (Å²) in [5.74, 6) is 1.68. The average Bonchev–Trinajstić information content (AvgIpc) is 2.99. The van der Waals surface area contributed by atoms with Crippen molar-refractivity contribution in [2.24, 2.45) is 5.92 Å². The van der Waals surface area contributed by atoms with Gasteiger partial charge in [0.1, 0.15) is 5.75 Å². The third-order valence-electron chi connectivity index (χ3n) is 5.60. The number of nitrogens with zero attached hydrogens (tertiary/aromatic N) is 2. The van der Waals surface area contributed by atoms with E-state index in [1.54, 1.807) is 0 Å². The Kier molecular flexibility index (Phi) is 7.20. The molecule has 0 unspecified atom stereocenters. The largest absolute Gasteiger partial charge is 0.494 e. The molecule has 1 aliphatic rings. The first-order valence-electron chi connectivity index (χ1n) is 10.7. The Bertz CT molecular complexity index is 714. The molecule has 0 atom stereocenters. The average molecular weight is 373 g/mol. The van der Waals surface area contributed by atoms with Gasteiger partial charge in [0.2, 0.25) is 0 Å². The number of aliphatic hydroxyl groups excluding tert-OH is 1. The lowest BCUT2D eigenvalue weighted by atomic mass is 10.1. The molecular weight excluding hydrogens is 336 g/mol. The third kappa shape index (κ3) is 5.49. The standard InChI is InChI=1S/C23H36N2O2/c1-4-5-14-27-21-6-7-23-22(15-21)19(17-25(23)13-8-18(2)3)16-24-11-9-20(26)10-12-24/h6-7,15,17-18,20,26H,4-5,8-14,16H2,1-3H3.